The van der Waals surface area contributed by atoms with Crippen molar-refractivity contribution in [3.8, 4) is 5.75 Å². The average Bonchev–Trinajstić information content (AvgIpc) is 2.60. The maximum atomic E-state index is 12.9. The van der Waals surface area contributed by atoms with Crippen LogP contribution in [0.1, 0.15) is 5.56 Å². The van der Waals surface area contributed by atoms with Crippen molar-refractivity contribution >= 4 is 90.7 Å². The Morgan fingerprint density at radius 3 is 2.22 bits per heavy atom. The molecule has 9 heteroatoms. The van der Waals surface area contributed by atoms with E-state index in [9.17, 15) is 14.4 Å². The second-order valence-electron chi connectivity index (χ2n) is 5.45. The van der Waals surface area contributed by atoms with Crippen LogP contribution < -0.4 is 15.0 Å². The van der Waals surface area contributed by atoms with Gasteiger partial charge < -0.3 is 4.74 Å². The number of barbiturate groups is 1. The van der Waals surface area contributed by atoms with Crippen LogP contribution in [-0.4, -0.2) is 25.0 Å². The van der Waals surface area contributed by atoms with E-state index in [-0.39, 0.29) is 5.57 Å². The first-order chi connectivity index (χ1) is 12.8. The molecular weight excluding hydrogens is 642 g/mol. The molecule has 138 valence electrons. The standard InChI is InChI=1S/C18H11BrI2N2O4/c1-27-15-13(20)7-9(8-14(15)21)6-12-16(24)22-18(26)23(17(12)25)11-4-2-10(19)3-5-11/h2-8H,1H3,(H,22,24,26)/b12-6+. The van der Waals surface area contributed by atoms with Gasteiger partial charge in [0, 0.05) is 4.47 Å². The minimum atomic E-state index is -0.775. The van der Waals surface area contributed by atoms with E-state index in [1.54, 1.807) is 43.5 Å². The van der Waals surface area contributed by atoms with Crippen LogP contribution in [0.3, 0.4) is 0 Å². The van der Waals surface area contributed by atoms with Gasteiger partial charge in [0.25, 0.3) is 11.8 Å². The Morgan fingerprint density at radius 2 is 1.67 bits per heavy atom. The molecule has 0 unspecified atom stereocenters. The number of imide groups is 2. The number of urea groups is 1. The summed E-state index contributed by atoms with van der Waals surface area (Å²) in [6, 6.07) is 9.49. The Bertz CT molecular complexity index is 966. The Morgan fingerprint density at radius 1 is 1.07 bits per heavy atom. The largest absolute Gasteiger partial charge is 0.495 e. The lowest BCUT2D eigenvalue weighted by Gasteiger charge is -2.26. The van der Waals surface area contributed by atoms with Crippen molar-refractivity contribution in [2.24, 2.45) is 0 Å². The zero-order valence-corrected chi connectivity index (χ0v) is 19.7. The number of hydrogen-bond donors (Lipinski definition) is 1. The zero-order valence-electron chi connectivity index (χ0n) is 13.8. The second kappa shape index (κ2) is 8.27. The summed E-state index contributed by atoms with van der Waals surface area (Å²) in [5.41, 5.74) is 0.917. The minimum absolute atomic E-state index is 0.116. The quantitative estimate of drug-likeness (QED) is 0.304. The highest BCUT2D eigenvalue weighted by Gasteiger charge is 2.36. The molecule has 1 fully saturated rings. The van der Waals surface area contributed by atoms with Crippen molar-refractivity contribution in [2.45, 2.75) is 0 Å². The number of carbonyl (C=O) groups is 3. The number of amides is 4. The molecule has 0 atom stereocenters. The van der Waals surface area contributed by atoms with Crippen LogP contribution in [0.4, 0.5) is 10.5 Å². The lowest BCUT2D eigenvalue weighted by Crippen LogP contribution is -2.54. The van der Waals surface area contributed by atoms with Crippen LogP contribution in [0.5, 0.6) is 5.75 Å². The molecule has 1 heterocycles. The maximum Gasteiger partial charge on any atom is 0.335 e. The number of anilines is 1. The number of hydrogen-bond acceptors (Lipinski definition) is 4. The first-order valence-corrected chi connectivity index (χ1v) is 10.5. The third-order valence-electron chi connectivity index (χ3n) is 3.72. The highest BCUT2D eigenvalue weighted by molar-refractivity contribution is 14.1. The number of carbonyl (C=O) groups excluding carboxylic acids is 3. The predicted octanol–water partition coefficient (Wildman–Crippen LogP) is 4.33. The summed E-state index contributed by atoms with van der Waals surface area (Å²) in [6.07, 6.45) is 1.47. The van der Waals surface area contributed by atoms with Crippen molar-refractivity contribution in [3.05, 3.63) is 59.1 Å². The van der Waals surface area contributed by atoms with Gasteiger partial charge in [-0.1, -0.05) is 15.9 Å². The molecule has 1 saturated heterocycles. The summed E-state index contributed by atoms with van der Waals surface area (Å²) in [4.78, 5) is 38.3. The number of benzene rings is 2. The van der Waals surface area contributed by atoms with Crippen LogP contribution in [0.2, 0.25) is 0 Å². The van der Waals surface area contributed by atoms with E-state index in [1.807, 2.05) is 0 Å². The monoisotopic (exact) mass is 652 g/mol. The van der Waals surface area contributed by atoms with Crippen molar-refractivity contribution < 1.29 is 19.1 Å². The van der Waals surface area contributed by atoms with Crippen LogP contribution in [0.15, 0.2) is 46.4 Å². The molecule has 0 saturated carbocycles. The van der Waals surface area contributed by atoms with E-state index in [0.717, 1.165) is 22.3 Å². The number of rotatable bonds is 3. The summed E-state index contributed by atoms with van der Waals surface area (Å²) in [7, 11) is 1.58. The van der Waals surface area contributed by atoms with E-state index < -0.39 is 17.8 Å². The molecule has 0 aromatic heterocycles. The van der Waals surface area contributed by atoms with Gasteiger partial charge in [0.1, 0.15) is 11.3 Å². The molecule has 4 amide bonds. The highest BCUT2D eigenvalue weighted by atomic mass is 127. The molecule has 0 spiro atoms. The van der Waals surface area contributed by atoms with E-state index in [2.05, 4.69) is 66.4 Å². The normalized spacial score (nSPS) is 15.9. The van der Waals surface area contributed by atoms with Crippen LogP contribution in [0.25, 0.3) is 6.08 Å². The number of nitrogens with one attached hydrogen (secondary N) is 1. The van der Waals surface area contributed by atoms with Crippen LogP contribution in [-0.2, 0) is 9.59 Å². The minimum Gasteiger partial charge on any atom is -0.495 e. The highest BCUT2D eigenvalue weighted by Crippen LogP contribution is 2.30. The van der Waals surface area contributed by atoms with Gasteiger partial charge in [-0.3, -0.25) is 14.9 Å². The molecule has 2 aromatic rings. The Hall–Kier alpha value is -1.47. The smallest absolute Gasteiger partial charge is 0.335 e. The van der Waals surface area contributed by atoms with E-state index in [4.69, 9.17) is 4.74 Å². The first-order valence-electron chi connectivity index (χ1n) is 7.52. The lowest BCUT2D eigenvalue weighted by atomic mass is 10.1. The molecule has 1 aliphatic rings. The summed E-state index contributed by atoms with van der Waals surface area (Å²) < 4.78 is 7.82. The van der Waals surface area contributed by atoms with Crippen molar-refractivity contribution in [2.75, 3.05) is 12.0 Å². The molecule has 6 nitrogen and oxygen atoms in total. The molecule has 0 aliphatic carbocycles. The van der Waals surface area contributed by atoms with E-state index in [1.165, 1.54) is 6.08 Å². The number of ether oxygens (including phenoxy) is 1. The predicted molar refractivity (Wildman–Crippen MR) is 122 cm³/mol. The van der Waals surface area contributed by atoms with Gasteiger partial charge in [-0.15, -0.1) is 0 Å². The number of halogens is 3. The van der Waals surface area contributed by atoms with Gasteiger partial charge in [-0.25, -0.2) is 9.69 Å². The van der Waals surface area contributed by atoms with Gasteiger partial charge in [0.2, 0.25) is 0 Å². The fraction of sp³-hybridized carbons (Fsp3) is 0.0556. The first kappa shape index (κ1) is 20.3. The molecule has 1 aliphatic heterocycles. The molecule has 2 aromatic carbocycles. The molecule has 0 radical (unpaired) electrons. The Kier molecular flexibility index (Phi) is 6.21. The zero-order chi connectivity index (χ0) is 19.7. The lowest BCUT2D eigenvalue weighted by molar-refractivity contribution is -0.122. The fourth-order valence-corrected chi connectivity index (χ4v) is 5.03. The van der Waals surface area contributed by atoms with Gasteiger partial charge in [-0.2, -0.15) is 0 Å². The maximum absolute atomic E-state index is 12.9. The Labute approximate surface area is 190 Å². The van der Waals surface area contributed by atoms with Gasteiger partial charge >= 0.3 is 6.03 Å². The Balaban J connectivity index is 2.03. The molecule has 27 heavy (non-hydrogen) atoms. The second-order valence-corrected chi connectivity index (χ2v) is 8.69. The van der Waals surface area contributed by atoms with E-state index >= 15 is 0 Å². The van der Waals surface area contributed by atoms with Crippen molar-refractivity contribution in [1.82, 2.24) is 5.32 Å². The van der Waals surface area contributed by atoms with Gasteiger partial charge in [0.05, 0.1) is 19.9 Å². The molecule has 0 bridgehead atoms. The molecular formula is C18H11BrI2N2O4. The molecule has 3 rings (SSSR count). The third-order valence-corrected chi connectivity index (χ3v) is 5.85. The van der Waals surface area contributed by atoms with Crippen LogP contribution >= 0.6 is 61.1 Å². The summed E-state index contributed by atoms with van der Waals surface area (Å²) in [5, 5.41) is 2.21. The van der Waals surface area contributed by atoms with Crippen molar-refractivity contribution in [1.29, 1.82) is 0 Å². The number of nitrogens with zero attached hydrogens (tertiary/aromatic N) is 1. The van der Waals surface area contributed by atoms with Gasteiger partial charge in [-0.05, 0) is 93.2 Å². The van der Waals surface area contributed by atoms with Crippen molar-refractivity contribution in [3.63, 3.8) is 0 Å². The number of methoxy groups -OCH3 is 1. The SMILES string of the molecule is COc1c(I)cc(/C=C2\C(=O)NC(=O)N(c3ccc(Br)cc3)C2=O)cc1I. The summed E-state index contributed by atoms with van der Waals surface area (Å²) in [5.74, 6) is -0.671. The van der Waals surface area contributed by atoms with Crippen LogP contribution in [0, 0.1) is 7.14 Å². The topological polar surface area (TPSA) is 75.7 Å². The van der Waals surface area contributed by atoms with E-state index in [0.29, 0.717) is 11.3 Å². The summed E-state index contributed by atoms with van der Waals surface area (Å²) >= 11 is 7.55. The third kappa shape index (κ3) is 4.19. The fourth-order valence-electron chi connectivity index (χ4n) is 2.51. The van der Waals surface area contributed by atoms with Gasteiger partial charge in [0.15, 0.2) is 0 Å². The average molecular weight is 653 g/mol. The summed E-state index contributed by atoms with van der Waals surface area (Å²) in [6.45, 7) is 0. The molecule has 1 N–H and O–H groups in total.